The van der Waals surface area contributed by atoms with E-state index in [-0.39, 0.29) is 17.1 Å². The predicted molar refractivity (Wildman–Crippen MR) is 94.7 cm³/mol. The Balaban J connectivity index is 1.86. The lowest BCUT2D eigenvalue weighted by atomic mass is 10.2. The number of non-ortho nitro benzene ring substituents is 1. The van der Waals surface area contributed by atoms with E-state index in [0.29, 0.717) is 5.56 Å². The van der Waals surface area contributed by atoms with Crippen LogP contribution in [0, 0.1) is 15.9 Å². The number of hydrogen-bond donors (Lipinski definition) is 1. The summed E-state index contributed by atoms with van der Waals surface area (Å²) in [6, 6.07) is 9.47. The van der Waals surface area contributed by atoms with Crippen molar-refractivity contribution in [2.45, 2.75) is 0 Å². The predicted octanol–water partition coefficient (Wildman–Crippen LogP) is 2.94. The first-order valence-corrected chi connectivity index (χ1v) is 7.61. The molecule has 0 aliphatic heterocycles. The van der Waals surface area contributed by atoms with Crippen LogP contribution in [0.3, 0.4) is 0 Å². The third-order valence-corrected chi connectivity index (χ3v) is 3.27. The molecule has 1 amide bonds. The van der Waals surface area contributed by atoms with Crippen LogP contribution in [0.5, 0.6) is 5.75 Å². The monoisotopic (exact) mass is 374 g/mol. The number of ether oxygens (including phenoxy) is 2. The molecule has 0 spiro atoms. The van der Waals surface area contributed by atoms with Crippen LogP contribution in [0.15, 0.2) is 48.5 Å². The Bertz CT molecular complexity index is 897. The molecule has 0 saturated carbocycles. The Morgan fingerprint density at radius 3 is 2.70 bits per heavy atom. The average molecular weight is 374 g/mol. The first kappa shape index (κ1) is 19.6. The minimum absolute atomic E-state index is 0.0764. The van der Waals surface area contributed by atoms with Crippen molar-refractivity contribution in [3.63, 3.8) is 0 Å². The summed E-state index contributed by atoms with van der Waals surface area (Å²) < 4.78 is 23.1. The van der Waals surface area contributed by atoms with E-state index in [9.17, 15) is 24.1 Å². The first-order valence-electron chi connectivity index (χ1n) is 7.61. The number of hydrogen-bond acceptors (Lipinski definition) is 6. The van der Waals surface area contributed by atoms with Crippen molar-refractivity contribution in [2.24, 2.45) is 0 Å². The van der Waals surface area contributed by atoms with Crippen molar-refractivity contribution in [3.05, 3.63) is 70.0 Å². The van der Waals surface area contributed by atoms with E-state index in [1.807, 2.05) is 0 Å². The second-order valence-electron chi connectivity index (χ2n) is 5.19. The molecule has 140 valence electrons. The molecule has 2 rings (SSSR count). The molecular weight excluding hydrogens is 359 g/mol. The summed E-state index contributed by atoms with van der Waals surface area (Å²) in [5.74, 6) is -1.97. The maximum Gasteiger partial charge on any atom is 0.331 e. The Kier molecular flexibility index (Phi) is 6.59. The first-order chi connectivity index (χ1) is 12.9. The van der Waals surface area contributed by atoms with Gasteiger partial charge in [-0.25, -0.2) is 9.18 Å². The van der Waals surface area contributed by atoms with Crippen LogP contribution in [0.4, 0.5) is 15.8 Å². The van der Waals surface area contributed by atoms with Crippen LogP contribution in [-0.4, -0.2) is 30.5 Å². The molecule has 0 aliphatic carbocycles. The third-order valence-electron chi connectivity index (χ3n) is 3.27. The molecule has 0 heterocycles. The van der Waals surface area contributed by atoms with Gasteiger partial charge in [-0.2, -0.15) is 0 Å². The molecular formula is C18H15FN2O6. The second kappa shape index (κ2) is 9.09. The molecule has 0 radical (unpaired) electrons. The van der Waals surface area contributed by atoms with Gasteiger partial charge in [-0.05, 0) is 29.8 Å². The van der Waals surface area contributed by atoms with E-state index in [0.717, 1.165) is 6.08 Å². The normalized spacial score (nSPS) is 10.4. The van der Waals surface area contributed by atoms with Crippen molar-refractivity contribution < 1.29 is 28.4 Å². The summed E-state index contributed by atoms with van der Waals surface area (Å²) in [4.78, 5) is 33.5. The summed E-state index contributed by atoms with van der Waals surface area (Å²) in [6.07, 6.45) is 2.37. The van der Waals surface area contributed by atoms with Gasteiger partial charge in [0.25, 0.3) is 11.6 Å². The van der Waals surface area contributed by atoms with Crippen LogP contribution in [0.1, 0.15) is 5.56 Å². The molecule has 0 atom stereocenters. The largest absolute Gasteiger partial charge is 0.494 e. The number of benzene rings is 2. The van der Waals surface area contributed by atoms with Crippen LogP contribution >= 0.6 is 0 Å². The zero-order chi connectivity index (χ0) is 19.8. The highest BCUT2D eigenvalue weighted by Gasteiger charge is 2.09. The van der Waals surface area contributed by atoms with Gasteiger partial charge in [0.15, 0.2) is 18.2 Å². The van der Waals surface area contributed by atoms with Crippen LogP contribution in [0.25, 0.3) is 6.08 Å². The Labute approximate surface area is 153 Å². The topological polar surface area (TPSA) is 108 Å². The summed E-state index contributed by atoms with van der Waals surface area (Å²) in [7, 11) is 1.34. The zero-order valence-corrected chi connectivity index (χ0v) is 14.2. The summed E-state index contributed by atoms with van der Waals surface area (Å²) in [5, 5.41) is 13.1. The second-order valence-corrected chi connectivity index (χ2v) is 5.19. The number of carbonyl (C=O) groups excluding carboxylic acids is 2. The SMILES string of the molecule is COc1ccc(/C=C/C(=O)OCC(=O)Nc2cccc([N+](=O)[O-])c2)cc1F. The summed E-state index contributed by atoms with van der Waals surface area (Å²) in [5.41, 5.74) is 0.431. The van der Waals surface area contributed by atoms with E-state index in [2.05, 4.69) is 5.32 Å². The Morgan fingerprint density at radius 1 is 1.26 bits per heavy atom. The van der Waals surface area contributed by atoms with Crippen LogP contribution < -0.4 is 10.1 Å². The number of nitrogens with one attached hydrogen (secondary N) is 1. The number of nitro benzene ring substituents is 1. The molecule has 0 saturated heterocycles. The van der Waals surface area contributed by atoms with E-state index >= 15 is 0 Å². The van der Waals surface area contributed by atoms with Gasteiger partial charge in [0, 0.05) is 23.9 Å². The third kappa shape index (κ3) is 5.92. The lowest BCUT2D eigenvalue weighted by Gasteiger charge is -2.05. The van der Waals surface area contributed by atoms with Crippen LogP contribution in [-0.2, 0) is 14.3 Å². The van der Waals surface area contributed by atoms with Crippen molar-refractivity contribution >= 4 is 29.3 Å². The highest BCUT2D eigenvalue weighted by atomic mass is 19.1. The fraction of sp³-hybridized carbons (Fsp3) is 0.111. The number of amides is 1. The van der Waals surface area contributed by atoms with Gasteiger partial charge in [0.05, 0.1) is 12.0 Å². The van der Waals surface area contributed by atoms with E-state index in [1.54, 1.807) is 6.07 Å². The van der Waals surface area contributed by atoms with Gasteiger partial charge < -0.3 is 14.8 Å². The standard InChI is InChI=1S/C18H15FN2O6/c1-26-16-7-5-12(9-15(16)19)6-8-18(23)27-11-17(22)20-13-3-2-4-14(10-13)21(24)25/h2-10H,11H2,1H3,(H,20,22)/b8-6+. The van der Waals surface area contributed by atoms with Gasteiger partial charge in [0.2, 0.25) is 0 Å². The molecule has 0 unspecified atom stereocenters. The van der Waals surface area contributed by atoms with E-state index < -0.39 is 29.2 Å². The molecule has 2 aromatic carbocycles. The van der Waals surface area contributed by atoms with Gasteiger partial charge in [0.1, 0.15) is 0 Å². The van der Waals surface area contributed by atoms with Crippen molar-refractivity contribution in [3.8, 4) is 5.75 Å². The number of anilines is 1. The number of rotatable bonds is 7. The average Bonchev–Trinajstić information content (AvgIpc) is 2.65. The van der Waals surface area contributed by atoms with Gasteiger partial charge in [-0.15, -0.1) is 0 Å². The minimum atomic E-state index is -0.805. The van der Waals surface area contributed by atoms with Gasteiger partial charge >= 0.3 is 5.97 Å². The molecule has 1 N–H and O–H groups in total. The number of nitro groups is 1. The fourth-order valence-electron chi connectivity index (χ4n) is 2.03. The molecule has 8 nitrogen and oxygen atoms in total. The van der Waals surface area contributed by atoms with Crippen molar-refractivity contribution in [1.29, 1.82) is 0 Å². The number of esters is 1. The number of carbonyl (C=O) groups is 2. The molecule has 0 aromatic heterocycles. The number of halogens is 1. The minimum Gasteiger partial charge on any atom is -0.494 e. The Hall–Kier alpha value is -3.75. The lowest BCUT2D eigenvalue weighted by molar-refractivity contribution is -0.384. The zero-order valence-electron chi connectivity index (χ0n) is 14.2. The van der Waals surface area contributed by atoms with E-state index in [1.165, 1.54) is 49.6 Å². The van der Waals surface area contributed by atoms with Crippen molar-refractivity contribution in [2.75, 3.05) is 19.0 Å². The smallest absolute Gasteiger partial charge is 0.331 e. The quantitative estimate of drug-likeness (QED) is 0.345. The van der Waals surface area contributed by atoms with Gasteiger partial charge in [-0.3, -0.25) is 14.9 Å². The number of methoxy groups -OCH3 is 1. The molecule has 0 fully saturated rings. The molecule has 9 heteroatoms. The molecule has 27 heavy (non-hydrogen) atoms. The fourth-order valence-corrected chi connectivity index (χ4v) is 2.03. The molecule has 0 bridgehead atoms. The summed E-state index contributed by atoms with van der Waals surface area (Å²) in [6.45, 7) is -0.581. The molecule has 0 aliphatic rings. The van der Waals surface area contributed by atoms with E-state index in [4.69, 9.17) is 9.47 Å². The summed E-state index contributed by atoms with van der Waals surface area (Å²) >= 11 is 0. The highest BCUT2D eigenvalue weighted by Crippen LogP contribution is 2.18. The van der Waals surface area contributed by atoms with Crippen LogP contribution in [0.2, 0.25) is 0 Å². The Morgan fingerprint density at radius 2 is 2.04 bits per heavy atom. The highest BCUT2D eigenvalue weighted by molar-refractivity contribution is 5.94. The van der Waals surface area contributed by atoms with Crippen molar-refractivity contribution in [1.82, 2.24) is 0 Å². The maximum atomic E-state index is 13.5. The molecule has 2 aromatic rings. The maximum absolute atomic E-state index is 13.5. The lowest BCUT2D eigenvalue weighted by Crippen LogP contribution is -2.20. The van der Waals surface area contributed by atoms with Gasteiger partial charge in [-0.1, -0.05) is 12.1 Å². The number of nitrogens with zero attached hydrogens (tertiary/aromatic N) is 1.